The molecule has 1 aromatic heterocycles. The van der Waals surface area contributed by atoms with Crippen molar-refractivity contribution in [1.29, 1.82) is 0 Å². The van der Waals surface area contributed by atoms with E-state index < -0.39 is 0 Å². The Morgan fingerprint density at radius 2 is 2.23 bits per heavy atom. The molecule has 1 heterocycles. The lowest BCUT2D eigenvalue weighted by Gasteiger charge is -2.12. The predicted molar refractivity (Wildman–Crippen MR) is 104 cm³/mol. The summed E-state index contributed by atoms with van der Waals surface area (Å²) in [5.41, 5.74) is 7.01. The molecule has 26 heavy (non-hydrogen) atoms. The maximum Gasteiger partial charge on any atom is 0.229 e. The topological polar surface area (TPSA) is 118 Å². The predicted octanol–water partition coefficient (Wildman–Crippen LogP) is 2.03. The molecule has 0 fully saturated rings. The highest BCUT2D eigenvalue weighted by Crippen LogP contribution is 2.23. The van der Waals surface area contributed by atoms with Crippen molar-refractivity contribution in [3.63, 3.8) is 0 Å². The van der Waals surface area contributed by atoms with Crippen molar-refractivity contribution in [2.24, 2.45) is 10.7 Å². The van der Waals surface area contributed by atoms with E-state index >= 15 is 0 Å². The Kier molecular flexibility index (Phi) is 7.66. The number of anilines is 2. The SMILES string of the molecule is COc1ccccc1CNc1nc(N/C(C=NCCO)=C/N)ncc1Cl. The van der Waals surface area contributed by atoms with E-state index in [0.29, 0.717) is 29.0 Å². The molecule has 1 aromatic carbocycles. The minimum absolute atomic E-state index is 0.0389. The number of aliphatic hydroxyl groups is 1. The van der Waals surface area contributed by atoms with Gasteiger partial charge in [0, 0.05) is 24.5 Å². The standard InChI is InChI=1S/C17H21ClN6O2/c1-26-15-5-3-2-4-12(15)9-21-16-14(18)11-22-17(24-16)23-13(8-19)10-20-6-7-25/h2-5,8,10-11,25H,6-7,9,19H2,1H3,(H2,21,22,23,24)/b13-8+,20-10?. The summed E-state index contributed by atoms with van der Waals surface area (Å²) in [6, 6.07) is 7.67. The molecule has 0 aliphatic carbocycles. The molecule has 138 valence electrons. The largest absolute Gasteiger partial charge is 0.496 e. The van der Waals surface area contributed by atoms with Crippen LogP contribution in [0.4, 0.5) is 11.8 Å². The molecule has 0 radical (unpaired) electrons. The molecule has 0 saturated heterocycles. The van der Waals surface area contributed by atoms with Gasteiger partial charge in [0.25, 0.3) is 0 Å². The average Bonchev–Trinajstić information content (AvgIpc) is 2.67. The number of halogens is 1. The highest BCUT2D eigenvalue weighted by atomic mass is 35.5. The minimum atomic E-state index is -0.0389. The molecule has 5 N–H and O–H groups in total. The first-order valence-electron chi connectivity index (χ1n) is 7.85. The van der Waals surface area contributed by atoms with Crippen molar-refractivity contribution in [3.8, 4) is 5.75 Å². The summed E-state index contributed by atoms with van der Waals surface area (Å²) in [7, 11) is 1.62. The molecule has 0 spiro atoms. The Bertz CT molecular complexity index is 782. The molecule has 2 rings (SSSR count). The summed E-state index contributed by atoms with van der Waals surface area (Å²) in [4.78, 5) is 12.5. The van der Waals surface area contributed by atoms with Gasteiger partial charge in [0.15, 0.2) is 5.82 Å². The van der Waals surface area contributed by atoms with Crippen molar-refractivity contribution < 1.29 is 9.84 Å². The van der Waals surface area contributed by atoms with Crippen molar-refractivity contribution in [2.75, 3.05) is 30.9 Å². The van der Waals surface area contributed by atoms with Gasteiger partial charge in [0.1, 0.15) is 10.8 Å². The van der Waals surface area contributed by atoms with E-state index in [1.165, 1.54) is 18.6 Å². The first kappa shape index (κ1) is 19.5. The van der Waals surface area contributed by atoms with Crippen LogP contribution in [0.25, 0.3) is 0 Å². The van der Waals surface area contributed by atoms with Crippen LogP contribution in [-0.4, -0.2) is 41.6 Å². The van der Waals surface area contributed by atoms with Crippen LogP contribution in [0.15, 0.2) is 47.4 Å². The smallest absolute Gasteiger partial charge is 0.229 e. The number of nitrogens with one attached hydrogen (secondary N) is 2. The fourth-order valence-corrected chi connectivity index (χ4v) is 2.20. The van der Waals surface area contributed by atoms with Crippen molar-refractivity contribution in [2.45, 2.75) is 6.54 Å². The summed E-state index contributed by atoms with van der Waals surface area (Å²) in [6.07, 6.45) is 4.32. The van der Waals surface area contributed by atoms with E-state index in [2.05, 4.69) is 25.6 Å². The van der Waals surface area contributed by atoms with Crippen LogP contribution in [0.3, 0.4) is 0 Å². The fourth-order valence-electron chi connectivity index (χ4n) is 2.05. The van der Waals surface area contributed by atoms with Crippen LogP contribution in [-0.2, 0) is 6.54 Å². The first-order chi connectivity index (χ1) is 12.7. The van der Waals surface area contributed by atoms with Gasteiger partial charge < -0.3 is 26.2 Å². The molecule has 0 unspecified atom stereocenters. The summed E-state index contributed by atoms with van der Waals surface area (Å²) in [5.74, 6) is 1.56. The maximum absolute atomic E-state index is 8.76. The maximum atomic E-state index is 8.76. The number of aliphatic imine (C=N–C) groups is 1. The van der Waals surface area contributed by atoms with Gasteiger partial charge in [-0.15, -0.1) is 0 Å². The van der Waals surface area contributed by atoms with Crippen LogP contribution < -0.4 is 21.1 Å². The Morgan fingerprint density at radius 3 is 2.96 bits per heavy atom. The van der Waals surface area contributed by atoms with Crippen molar-refractivity contribution in [3.05, 3.63) is 52.9 Å². The zero-order chi connectivity index (χ0) is 18.8. The number of allylic oxidation sites excluding steroid dienone is 1. The number of aromatic nitrogens is 2. The van der Waals surface area contributed by atoms with Crippen LogP contribution in [0.5, 0.6) is 5.75 Å². The third-order valence-corrected chi connectivity index (χ3v) is 3.55. The number of methoxy groups -OCH3 is 1. The summed E-state index contributed by atoms with van der Waals surface area (Å²) >= 11 is 6.17. The van der Waals surface area contributed by atoms with E-state index in [-0.39, 0.29) is 13.2 Å². The second kappa shape index (κ2) is 10.2. The molecule has 8 nitrogen and oxygen atoms in total. The van der Waals surface area contributed by atoms with E-state index in [1.54, 1.807) is 7.11 Å². The number of rotatable bonds is 9. The van der Waals surface area contributed by atoms with Crippen molar-refractivity contribution in [1.82, 2.24) is 9.97 Å². The Hall–Kier alpha value is -2.84. The number of hydrogen-bond donors (Lipinski definition) is 4. The van der Waals surface area contributed by atoms with Crippen LogP contribution in [0.1, 0.15) is 5.56 Å². The Balaban J connectivity index is 2.09. The highest BCUT2D eigenvalue weighted by molar-refractivity contribution is 6.32. The van der Waals surface area contributed by atoms with Gasteiger partial charge in [-0.25, -0.2) is 4.98 Å². The number of nitrogens with two attached hydrogens (primary N) is 1. The second-order valence-corrected chi connectivity index (χ2v) is 5.47. The third-order valence-electron chi connectivity index (χ3n) is 3.28. The molecule has 9 heteroatoms. The van der Waals surface area contributed by atoms with Crippen LogP contribution >= 0.6 is 11.6 Å². The zero-order valence-corrected chi connectivity index (χ0v) is 15.1. The summed E-state index contributed by atoms with van der Waals surface area (Å²) in [5, 5.41) is 15.2. The van der Waals surface area contributed by atoms with Gasteiger partial charge in [-0.2, -0.15) is 4.98 Å². The number of para-hydroxylation sites is 1. The molecule has 0 saturated carbocycles. The Morgan fingerprint density at radius 1 is 1.42 bits per heavy atom. The molecule has 0 atom stereocenters. The fraction of sp³-hybridized carbons (Fsp3) is 0.235. The quantitative estimate of drug-likeness (QED) is 0.494. The number of nitrogens with zero attached hydrogens (tertiary/aromatic N) is 3. The molecular weight excluding hydrogens is 356 g/mol. The number of hydrogen-bond acceptors (Lipinski definition) is 8. The molecule has 0 aliphatic heterocycles. The number of aliphatic hydroxyl groups excluding tert-OH is 1. The van der Waals surface area contributed by atoms with E-state index in [0.717, 1.165) is 11.3 Å². The zero-order valence-electron chi connectivity index (χ0n) is 14.3. The van der Waals surface area contributed by atoms with Gasteiger partial charge in [-0.1, -0.05) is 29.8 Å². The lowest BCUT2D eigenvalue weighted by molar-refractivity contribution is 0.307. The van der Waals surface area contributed by atoms with E-state index in [1.807, 2.05) is 24.3 Å². The van der Waals surface area contributed by atoms with Gasteiger partial charge in [-0.3, -0.25) is 4.99 Å². The summed E-state index contributed by atoms with van der Waals surface area (Å²) in [6.45, 7) is 0.729. The second-order valence-electron chi connectivity index (χ2n) is 5.06. The number of ether oxygens (including phenoxy) is 1. The molecule has 0 aliphatic rings. The Labute approximate surface area is 156 Å². The van der Waals surface area contributed by atoms with E-state index in [9.17, 15) is 0 Å². The van der Waals surface area contributed by atoms with Crippen LogP contribution in [0.2, 0.25) is 5.02 Å². The van der Waals surface area contributed by atoms with Gasteiger partial charge in [-0.05, 0) is 6.07 Å². The first-order valence-corrected chi connectivity index (χ1v) is 8.23. The van der Waals surface area contributed by atoms with Gasteiger partial charge in [0.2, 0.25) is 5.95 Å². The van der Waals surface area contributed by atoms with Gasteiger partial charge in [0.05, 0.1) is 32.2 Å². The van der Waals surface area contributed by atoms with Gasteiger partial charge >= 0.3 is 0 Å². The van der Waals surface area contributed by atoms with E-state index in [4.69, 9.17) is 27.2 Å². The monoisotopic (exact) mass is 376 g/mol. The highest BCUT2D eigenvalue weighted by Gasteiger charge is 2.08. The lowest BCUT2D eigenvalue weighted by Crippen LogP contribution is -2.10. The molecular formula is C17H21ClN6O2. The number of benzene rings is 1. The van der Waals surface area contributed by atoms with Crippen molar-refractivity contribution >= 4 is 29.6 Å². The van der Waals surface area contributed by atoms with Crippen LogP contribution in [0, 0.1) is 0 Å². The molecule has 0 bridgehead atoms. The minimum Gasteiger partial charge on any atom is -0.496 e. The third kappa shape index (κ3) is 5.61. The molecule has 0 amide bonds. The average molecular weight is 377 g/mol. The summed E-state index contributed by atoms with van der Waals surface area (Å²) < 4.78 is 5.33. The lowest BCUT2D eigenvalue weighted by atomic mass is 10.2. The molecule has 2 aromatic rings. The normalized spacial score (nSPS) is 11.6.